The van der Waals surface area contributed by atoms with Crippen LogP contribution in [0.4, 0.5) is 0 Å². The number of hydrogen-bond acceptors (Lipinski definition) is 7. The summed E-state index contributed by atoms with van der Waals surface area (Å²) in [6.45, 7) is 5.49. The normalized spacial score (nSPS) is 17.2. The lowest BCUT2D eigenvalue weighted by molar-refractivity contribution is -0.119. The maximum absolute atomic E-state index is 12.6. The van der Waals surface area contributed by atoms with Crippen molar-refractivity contribution in [3.05, 3.63) is 23.8 Å². The van der Waals surface area contributed by atoms with E-state index in [0.717, 1.165) is 36.3 Å². The number of benzene rings is 1. The number of aromatic nitrogens is 4. The minimum absolute atomic E-state index is 0.0406. The van der Waals surface area contributed by atoms with Gasteiger partial charge in [-0.3, -0.25) is 4.79 Å². The van der Waals surface area contributed by atoms with Crippen LogP contribution in [-0.4, -0.2) is 45.1 Å². The number of tetrazole rings is 1. The molecule has 1 N–H and O–H groups in total. The van der Waals surface area contributed by atoms with Crippen molar-refractivity contribution in [1.29, 1.82) is 0 Å². The summed E-state index contributed by atoms with van der Waals surface area (Å²) in [7, 11) is 0. The molecule has 9 heteroatoms. The summed E-state index contributed by atoms with van der Waals surface area (Å²) >= 11 is 1.37. The molecule has 28 heavy (non-hydrogen) atoms. The fourth-order valence-electron chi connectivity index (χ4n) is 3.18. The molecule has 1 aliphatic heterocycles. The third-order valence-corrected chi connectivity index (χ3v) is 5.74. The van der Waals surface area contributed by atoms with Gasteiger partial charge in [0.25, 0.3) is 0 Å². The minimum atomic E-state index is -0.107. The molecule has 0 radical (unpaired) electrons. The summed E-state index contributed by atoms with van der Waals surface area (Å²) in [5.41, 5.74) is 1.01. The van der Waals surface area contributed by atoms with Crippen molar-refractivity contribution in [2.24, 2.45) is 5.92 Å². The van der Waals surface area contributed by atoms with Crippen LogP contribution in [0.15, 0.2) is 23.4 Å². The van der Waals surface area contributed by atoms with Crippen LogP contribution in [0, 0.1) is 5.92 Å². The van der Waals surface area contributed by atoms with Gasteiger partial charge in [-0.1, -0.05) is 31.7 Å². The molecule has 2 aliphatic rings. The molecule has 0 saturated heterocycles. The van der Waals surface area contributed by atoms with E-state index in [2.05, 4.69) is 34.7 Å². The molecule has 1 saturated carbocycles. The Balaban J connectivity index is 1.41. The van der Waals surface area contributed by atoms with Crippen molar-refractivity contribution in [2.45, 2.75) is 50.4 Å². The summed E-state index contributed by atoms with van der Waals surface area (Å²) in [6, 6.07) is 6.19. The van der Waals surface area contributed by atoms with Crippen molar-refractivity contribution in [2.75, 3.05) is 19.0 Å². The quantitative estimate of drug-likeness (QED) is 0.711. The van der Waals surface area contributed by atoms with Crippen LogP contribution in [0.3, 0.4) is 0 Å². The Hall–Kier alpha value is -2.29. The zero-order chi connectivity index (χ0) is 19.5. The van der Waals surface area contributed by atoms with E-state index in [0.29, 0.717) is 24.4 Å². The highest BCUT2D eigenvalue weighted by molar-refractivity contribution is 7.99. The maximum Gasteiger partial charge on any atom is 0.230 e. The molecule has 1 aromatic carbocycles. The molecule has 0 spiro atoms. The Morgan fingerprint density at radius 3 is 2.82 bits per heavy atom. The number of ether oxygens (including phenoxy) is 2. The number of amides is 1. The molecular weight excluding hydrogens is 378 g/mol. The summed E-state index contributed by atoms with van der Waals surface area (Å²) in [5.74, 6) is 1.97. The number of nitrogens with one attached hydrogen (secondary N) is 1. The first-order valence-corrected chi connectivity index (χ1v) is 10.7. The summed E-state index contributed by atoms with van der Waals surface area (Å²) < 4.78 is 13.3. The smallest absolute Gasteiger partial charge is 0.230 e. The molecule has 150 valence electrons. The first-order valence-electron chi connectivity index (χ1n) is 9.71. The maximum atomic E-state index is 12.6. The van der Waals surface area contributed by atoms with Gasteiger partial charge in [0.2, 0.25) is 11.1 Å². The summed E-state index contributed by atoms with van der Waals surface area (Å²) in [5, 5.41) is 15.6. The van der Waals surface area contributed by atoms with Crippen molar-refractivity contribution in [3.63, 3.8) is 0 Å². The third kappa shape index (κ3) is 4.40. The molecule has 8 nitrogen and oxygen atoms in total. The zero-order valence-electron chi connectivity index (χ0n) is 16.1. The van der Waals surface area contributed by atoms with Crippen LogP contribution in [-0.2, 0) is 4.79 Å². The average molecular weight is 404 g/mol. The molecule has 1 fully saturated rings. The number of carbonyl (C=O) groups excluding carboxylic acids is 1. The van der Waals surface area contributed by atoms with E-state index in [1.165, 1.54) is 11.8 Å². The predicted octanol–water partition coefficient (Wildman–Crippen LogP) is 2.77. The van der Waals surface area contributed by atoms with Gasteiger partial charge in [-0.25, -0.2) is 4.68 Å². The number of fused-ring (bicyclic) bond motifs is 1. The number of carbonyl (C=O) groups is 1. The second kappa shape index (κ2) is 8.38. The van der Waals surface area contributed by atoms with Gasteiger partial charge in [0.15, 0.2) is 11.5 Å². The fourth-order valence-corrected chi connectivity index (χ4v) is 3.94. The van der Waals surface area contributed by atoms with E-state index in [1.807, 2.05) is 22.9 Å². The second-order valence-corrected chi connectivity index (χ2v) is 8.41. The molecule has 1 aromatic heterocycles. The second-order valence-electron chi connectivity index (χ2n) is 7.47. The third-order valence-electron chi connectivity index (χ3n) is 4.80. The number of hydrogen-bond donors (Lipinski definition) is 1. The highest BCUT2D eigenvalue weighted by Gasteiger charge is 2.28. The molecule has 2 aromatic rings. The van der Waals surface area contributed by atoms with Crippen molar-refractivity contribution >= 4 is 17.7 Å². The molecule has 1 unspecified atom stereocenters. The van der Waals surface area contributed by atoms with Crippen LogP contribution in [0.1, 0.15) is 50.8 Å². The lowest BCUT2D eigenvalue weighted by Crippen LogP contribution is -2.33. The highest BCUT2D eigenvalue weighted by Crippen LogP contribution is 2.36. The van der Waals surface area contributed by atoms with Crippen molar-refractivity contribution in [1.82, 2.24) is 25.5 Å². The van der Waals surface area contributed by atoms with E-state index in [1.54, 1.807) is 0 Å². The van der Waals surface area contributed by atoms with Gasteiger partial charge in [-0.05, 0) is 46.9 Å². The number of rotatable bonds is 7. The molecule has 1 amide bonds. The van der Waals surface area contributed by atoms with Gasteiger partial charge in [0, 0.05) is 6.42 Å². The molecule has 1 aliphatic carbocycles. The summed E-state index contributed by atoms with van der Waals surface area (Å²) in [6.07, 6.45) is 3.07. The first kappa shape index (κ1) is 19.0. The van der Waals surface area contributed by atoms with Gasteiger partial charge >= 0.3 is 0 Å². The van der Waals surface area contributed by atoms with Gasteiger partial charge < -0.3 is 14.8 Å². The first-order chi connectivity index (χ1) is 13.6. The van der Waals surface area contributed by atoms with Gasteiger partial charge in [0.05, 0.1) is 31.1 Å². The van der Waals surface area contributed by atoms with Gasteiger partial charge in [0.1, 0.15) is 0 Å². The lowest BCUT2D eigenvalue weighted by atomic mass is 9.95. The van der Waals surface area contributed by atoms with Gasteiger partial charge in [-0.2, -0.15) is 0 Å². The lowest BCUT2D eigenvalue weighted by Gasteiger charge is -2.23. The van der Waals surface area contributed by atoms with Crippen LogP contribution in [0.25, 0.3) is 0 Å². The number of nitrogens with zero attached hydrogens (tertiary/aromatic N) is 4. The largest absolute Gasteiger partial charge is 0.490 e. The SMILES string of the molecule is CC(C)C(NC(=O)CSc1nnnn1C1CC1)c1ccc2c(c1)OCCCO2. The monoisotopic (exact) mass is 403 g/mol. The topological polar surface area (TPSA) is 91.2 Å². The van der Waals surface area contributed by atoms with E-state index in [4.69, 9.17) is 9.47 Å². The molecule has 1 atom stereocenters. The van der Waals surface area contributed by atoms with Crippen LogP contribution in [0.2, 0.25) is 0 Å². The Morgan fingerprint density at radius 1 is 1.29 bits per heavy atom. The van der Waals surface area contributed by atoms with E-state index in [9.17, 15) is 4.79 Å². The minimum Gasteiger partial charge on any atom is -0.490 e. The summed E-state index contributed by atoms with van der Waals surface area (Å²) in [4.78, 5) is 12.6. The Labute approximate surface area is 168 Å². The van der Waals surface area contributed by atoms with Crippen LogP contribution >= 0.6 is 11.8 Å². The standard InChI is InChI=1S/C19H25N5O3S/c1-12(2)18(13-4-7-15-16(10-13)27-9-3-8-26-15)20-17(25)11-28-19-21-22-23-24(19)14-5-6-14/h4,7,10,12,14,18H,3,5-6,8-9,11H2,1-2H3,(H,20,25). The number of thioether (sulfide) groups is 1. The van der Waals surface area contributed by atoms with Crippen molar-refractivity contribution < 1.29 is 14.3 Å². The van der Waals surface area contributed by atoms with E-state index >= 15 is 0 Å². The van der Waals surface area contributed by atoms with Gasteiger partial charge in [-0.15, -0.1) is 5.10 Å². The fraction of sp³-hybridized carbons (Fsp3) is 0.579. The van der Waals surface area contributed by atoms with E-state index < -0.39 is 0 Å². The average Bonchev–Trinajstić information content (AvgIpc) is 3.46. The zero-order valence-corrected chi connectivity index (χ0v) is 16.9. The Bertz CT molecular complexity index is 837. The van der Waals surface area contributed by atoms with E-state index in [-0.39, 0.29) is 23.6 Å². The molecule has 4 rings (SSSR count). The Morgan fingerprint density at radius 2 is 2.07 bits per heavy atom. The van der Waals surface area contributed by atoms with Crippen LogP contribution < -0.4 is 14.8 Å². The van der Waals surface area contributed by atoms with Crippen molar-refractivity contribution in [3.8, 4) is 11.5 Å². The molecule has 0 bridgehead atoms. The molecule has 2 heterocycles. The predicted molar refractivity (Wildman–Crippen MR) is 105 cm³/mol. The Kier molecular flexibility index (Phi) is 5.70. The van der Waals surface area contributed by atoms with Crippen LogP contribution in [0.5, 0.6) is 11.5 Å². The highest BCUT2D eigenvalue weighted by atomic mass is 32.2. The molecular formula is C19H25N5O3S.